The van der Waals surface area contributed by atoms with Crippen LogP contribution in [0.3, 0.4) is 0 Å². The molecule has 0 saturated heterocycles. The number of hydrazone groups is 1. The topological polar surface area (TPSA) is 61.7 Å². The average Bonchev–Trinajstić information content (AvgIpc) is 3.02. The maximum atomic E-state index is 11.8. The van der Waals surface area contributed by atoms with Crippen molar-refractivity contribution in [2.24, 2.45) is 5.10 Å². The molecule has 2 aromatic rings. The lowest BCUT2D eigenvalue weighted by atomic mass is 10.1. The molecule has 22 heavy (non-hydrogen) atoms. The molecule has 4 heteroatoms. The van der Waals surface area contributed by atoms with E-state index in [-0.39, 0.29) is 0 Å². The van der Waals surface area contributed by atoms with E-state index in [1.54, 1.807) is 30.5 Å². The average molecular weight is 294 g/mol. The minimum absolute atomic E-state index is 0.538. The van der Waals surface area contributed by atoms with E-state index >= 15 is 0 Å². The Balaban J connectivity index is 1.61. The van der Waals surface area contributed by atoms with Crippen LogP contribution in [0.1, 0.15) is 34.8 Å². The molecule has 2 N–H and O–H groups in total. The summed E-state index contributed by atoms with van der Waals surface area (Å²) in [6.45, 7) is 0. The molecular weight excluding hydrogens is 276 g/mol. The van der Waals surface area contributed by atoms with Crippen molar-refractivity contribution >= 4 is 12.1 Å². The molecule has 1 atom stereocenters. The van der Waals surface area contributed by atoms with Gasteiger partial charge in [0.15, 0.2) is 6.10 Å². The third kappa shape index (κ3) is 3.23. The number of carbonyl (C=O) groups is 1. The van der Waals surface area contributed by atoms with Crippen molar-refractivity contribution in [1.29, 1.82) is 0 Å². The number of nitrogens with one attached hydrogen (secondary N) is 1. The number of carbonyl (C=O) groups excluding carboxylic acids is 1. The van der Waals surface area contributed by atoms with E-state index in [0.29, 0.717) is 5.56 Å². The fourth-order valence-electron chi connectivity index (χ4n) is 2.69. The maximum Gasteiger partial charge on any atom is 0.273 e. The van der Waals surface area contributed by atoms with Crippen molar-refractivity contribution < 1.29 is 9.90 Å². The molecule has 0 bridgehead atoms. The zero-order valence-corrected chi connectivity index (χ0v) is 12.2. The van der Waals surface area contributed by atoms with Crippen LogP contribution in [0, 0.1) is 0 Å². The SMILES string of the molecule is O=C(NN=Cc1ccc2c(c1)CCC2)[C@@H](O)c1ccccc1. The Bertz CT molecular complexity index is 695. The molecule has 112 valence electrons. The lowest BCUT2D eigenvalue weighted by molar-refractivity contribution is -0.129. The molecule has 0 unspecified atom stereocenters. The second-order valence-corrected chi connectivity index (χ2v) is 5.43. The Morgan fingerprint density at radius 2 is 1.91 bits per heavy atom. The van der Waals surface area contributed by atoms with Gasteiger partial charge in [0.05, 0.1) is 6.21 Å². The van der Waals surface area contributed by atoms with E-state index in [2.05, 4.69) is 22.7 Å². The Hall–Kier alpha value is -2.46. The highest BCUT2D eigenvalue weighted by atomic mass is 16.3. The van der Waals surface area contributed by atoms with Crippen molar-refractivity contribution in [3.63, 3.8) is 0 Å². The quantitative estimate of drug-likeness (QED) is 0.671. The maximum absolute atomic E-state index is 11.8. The van der Waals surface area contributed by atoms with Crippen LogP contribution in [0.5, 0.6) is 0 Å². The molecule has 1 aliphatic carbocycles. The van der Waals surface area contributed by atoms with Crippen LogP contribution >= 0.6 is 0 Å². The lowest BCUT2D eigenvalue weighted by Gasteiger charge is -2.08. The first-order valence-electron chi connectivity index (χ1n) is 7.42. The van der Waals surface area contributed by atoms with Gasteiger partial charge in [0.25, 0.3) is 5.91 Å². The first-order valence-corrected chi connectivity index (χ1v) is 7.42. The molecule has 0 spiro atoms. The predicted octanol–water partition coefficient (Wildman–Crippen LogP) is 2.36. The largest absolute Gasteiger partial charge is 0.378 e. The standard InChI is InChI=1S/C18H18N2O2/c21-17(15-5-2-1-3-6-15)18(22)20-19-12-13-9-10-14-7-4-8-16(14)11-13/h1-3,5-6,9-12,17,21H,4,7-8H2,(H,20,22)/t17-/m0/s1. The van der Waals surface area contributed by atoms with Crippen LogP contribution in [-0.2, 0) is 17.6 Å². The molecule has 3 rings (SSSR count). The first kappa shape index (κ1) is 14.5. The van der Waals surface area contributed by atoms with Gasteiger partial charge in [-0.2, -0.15) is 5.10 Å². The van der Waals surface area contributed by atoms with Gasteiger partial charge in [0.1, 0.15) is 0 Å². The second kappa shape index (κ2) is 6.54. The monoisotopic (exact) mass is 294 g/mol. The van der Waals surface area contributed by atoms with Gasteiger partial charge in [0.2, 0.25) is 0 Å². The molecule has 0 aromatic heterocycles. The molecule has 0 fully saturated rings. The van der Waals surface area contributed by atoms with E-state index < -0.39 is 12.0 Å². The van der Waals surface area contributed by atoms with Crippen LogP contribution < -0.4 is 5.43 Å². The summed E-state index contributed by atoms with van der Waals surface area (Å²) in [5.74, 6) is -0.538. The molecule has 0 aliphatic heterocycles. The van der Waals surface area contributed by atoms with Crippen molar-refractivity contribution in [3.8, 4) is 0 Å². The zero-order chi connectivity index (χ0) is 15.4. The van der Waals surface area contributed by atoms with Crippen molar-refractivity contribution in [3.05, 3.63) is 70.8 Å². The lowest BCUT2D eigenvalue weighted by Crippen LogP contribution is -2.25. The molecular formula is C18H18N2O2. The summed E-state index contributed by atoms with van der Waals surface area (Å²) in [7, 11) is 0. The normalized spacial score (nSPS) is 14.8. The second-order valence-electron chi connectivity index (χ2n) is 5.43. The third-order valence-corrected chi connectivity index (χ3v) is 3.87. The summed E-state index contributed by atoms with van der Waals surface area (Å²) in [5.41, 5.74) is 6.64. The van der Waals surface area contributed by atoms with Gasteiger partial charge in [0, 0.05) is 0 Å². The highest BCUT2D eigenvalue weighted by Gasteiger charge is 2.16. The minimum Gasteiger partial charge on any atom is -0.378 e. The number of aryl methyl sites for hydroxylation is 2. The van der Waals surface area contributed by atoms with E-state index in [9.17, 15) is 9.90 Å². The van der Waals surface area contributed by atoms with Gasteiger partial charge in [-0.25, -0.2) is 5.43 Å². The molecule has 2 aromatic carbocycles. The first-order chi connectivity index (χ1) is 10.7. The number of hydrogen-bond donors (Lipinski definition) is 2. The predicted molar refractivity (Wildman–Crippen MR) is 85.6 cm³/mol. The Labute approximate surface area is 129 Å². The summed E-state index contributed by atoms with van der Waals surface area (Å²) in [6.07, 6.45) is 3.85. The van der Waals surface area contributed by atoms with Crippen LogP contribution in [-0.4, -0.2) is 17.2 Å². The van der Waals surface area contributed by atoms with Crippen LogP contribution in [0.25, 0.3) is 0 Å². The zero-order valence-electron chi connectivity index (χ0n) is 12.2. The molecule has 0 radical (unpaired) electrons. The number of fused-ring (bicyclic) bond motifs is 1. The summed E-state index contributed by atoms with van der Waals surface area (Å²) in [5, 5.41) is 13.9. The smallest absolute Gasteiger partial charge is 0.273 e. The van der Waals surface area contributed by atoms with E-state index in [1.807, 2.05) is 12.1 Å². The Morgan fingerprint density at radius 3 is 2.73 bits per heavy atom. The van der Waals surface area contributed by atoms with E-state index in [4.69, 9.17) is 0 Å². The molecule has 0 saturated carbocycles. The van der Waals surface area contributed by atoms with Gasteiger partial charge >= 0.3 is 0 Å². The summed E-state index contributed by atoms with van der Waals surface area (Å²) in [6, 6.07) is 15.0. The number of hydrogen-bond acceptors (Lipinski definition) is 3. The number of amides is 1. The van der Waals surface area contributed by atoms with Gasteiger partial charge in [-0.3, -0.25) is 4.79 Å². The number of nitrogens with zero attached hydrogens (tertiary/aromatic N) is 1. The number of benzene rings is 2. The molecule has 0 heterocycles. The van der Waals surface area contributed by atoms with Crippen molar-refractivity contribution in [2.45, 2.75) is 25.4 Å². The summed E-state index contributed by atoms with van der Waals surface area (Å²) in [4.78, 5) is 11.8. The molecule has 1 amide bonds. The Kier molecular flexibility index (Phi) is 4.30. The minimum atomic E-state index is -1.21. The van der Waals surface area contributed by atoms with E-state index in [0.717, 1.165) is 18.4 Å². The third-order valence-electron chi connectivity index (χ3n) is 3.87. The fourth-order valence-corrected chi connectivity index (χ4v) is 2.69. The van der Waals surface area contributed by atoms with Gasteiger partial charge in [-0.05, 0) is 47.6 Å². The summed E-state index contributed by atoms with van der Waals surface area (Å²) >= 11 is 0. The van der Waals surface area contributed by atoms with E-state index in [1.165, 1.54) is 17.5 Å². The van der Waals surface area contributed by atoms with Crippen LogP contribution in [0.2, 0.25) is 0 Å². The number of aliphatic hydroxyl groups is 1. The van der Waals surface area contributed by atoms with Crippen LogP contribution in [0.15, 0.2) is 53.6 Å². The molecule has 1 aliphatic rings. The van der Waals surface area contributed by atoms with Crippen molar-refractivity contribution in [1.82, 2.24) is 5.43 Å². The number of rotatable bonds is 4. The van der Waals surface area contributed by atoms with Gasteiger partial charge in [-0.15, -0.1) is 0 Å². The van der Waals surface area contributed by atoms with Gasteiger partial charge in [-0.1, -0.05) is 42.5 Å². The van der Waals surface area contributed by atoms with Crippen LogP contribution in [0.4, 0.5) is 0 Å². The van der Waals surface area contributed by atoms with Crippen molar-refractivity contribution in [2.75, 3.05) is 0 Å². The fraction of sp³-hybridized carbons (Fsp3) is 0.222. The number of aliphatic hydroxyl groups excluding tert-OH is 1. The summed E-state index contributed by atoms with van der Waals surface area (Å²) < 4.78 is 0. The highest BCUT2D eigenvalue weighted by molar-refractivity contribution is 5.85. The van der Waals surface area contributed by atoms with Gasteiger partial charge < -0.3 is 5.11 Å². The highest BCUT2D eigenvalue weighted by Crippen LogP contribution is 2.22. The Morgan fingerprint density at radius 1 is 1.14 bits per heavy atom. The molecule has 4 nitrogen and oxygen atoms in total.